The van der Waals surface area contributed by atoms with Gasteiger partial charge in [0.2, 0.25) is 0 Å². The Labute approximate surface area is 138 Å². The summed E-state index contributed by atoms with van der Waals surface area (Å²) in [5, 5.41) is 6.01. The topological polar surface area (TPSA) is 80.6 Å². The minimum Gasteiger partial charge on any atom is -0.484 e. The van der Waals surface area contributed by atoms with E-state index in [1.54, 1.807) is 36.4 Å². The van der Waals surface area contributed by atoms with Gasteiger partial charge in [-0.3, -0.25) is 9.59 Å². The van der Waals surface area contributed by atoms with Crippen molar-refractivity contribution < 1.29 is 18.7 Å². The first-order valence-electron chi connectivity index (χ1n) is 7.12. The minimum atomic E-state index is -0.271. The molecule has 2 N–H and O–H groups in total. The summed E-state index contributed by atoms with van der Waals surface area (Å²) in [6, 6.07) is 10.0. The average molecular weight is 337 g/mol. The van der Waals surface area contributed by atoms with E-state index in [-0.39, 0.29) is 24.2 Å². The Morgan fingerprint density at radius 2 is 1.83 bits per heavy atom. The fraction of sp³-hybridized carbons (Fsp3) is 0.250. The van der Waals surface area contributed by atoms with Crippen molar-refractivity contribution in [1.82, 2.24) is 10.6 Å². The van der Waals surface area contributed by atoms with Gasteiger partial charge in [-0.05, 0) is 42.8 Å². The van der Waals surface area contributed by atoms with Gasteiger partial charge in [0.05, 0.1) is 6.26 Å². The van der Waals surface area contributed by atoms with Gasteiger partial charge in [-0.15, -0.1) is 0 Å². The smallest absolute Gasteiger partial charge is 0.286 e. The summed E-state index contributed by atoms with van der Waals surface area (Å²) in [5.41, 5.74) is 0. The number of benzene rings is 1. The van der Waals surface area contributed by atoms with Crippen molar-refractivity contribution >= 4 is 23.4 Å². The van der Waals surface area contributed by atoms with Crippen molar-refractivity contribution in [2.75, 3.05) is 19.7 Å². The van der Waals surface area contributed by atoms with Gasteiger partial charge in [-0.25, -0.2) is 0 Å². The fourth-order valence-corrected chi connectivity index (χ4v) is 1.87. The maximum absolute atomic E-state index is 11.6. The van der Waals surface area contributed by atoms with E-state index in [1.165, 1.54) is 6.26 Å². The van der Waals surface area contributed by atoms with Crippen molar-refractivity contribution in [3.05, 3.63) is 53.4 Å². The predicted octanol–water partition coefficient (Wildman–Crippen LogP) is 2.25. The summed E-state index contributed by atoms with van der Waals surface area (Å²) in [6.07, 6.45) is 2.05. The number of carbonyl (C=O) groups is 2. The Kier molecular flexibility index (Phi) is 6.50. The standard InChI is InChI=1S/C16H17ClN2O4/c17-12-4-6-13(7-5-12)23-11-15(20)18-8-2-9-19-16(21)14-3-1-10-22-14/h1,3-7,10H,2,8-9,11H2,(H,18,20)(H,19,21). The van der Waals surface area contributed by atoms with E-state index >= 15 is 0 Å². The summed E-state index contributed by atoms with van der Waals surface area (Å²) in [7, 11) is 0. The molecule has 0 aliphatic rings. The molecule has 2 aromatic rings. The number of furan rings is 1. The average Bonchev–Trinajstić information content (AvgIpc) is 3.08. The van der Waals surface area contributed by atoms with Crippen LogP contribution in [0.5, 0.6) is 5.75 Å². The van der Waals surface area contributed by atoms with Crippen LogP contribution >= 0.6 is 11.6 Å². The van der Waals surface area contributed by atoms with Gasteiger partial charge in [0.1, 0.15) is 5.75 Å². The van der Waals surface area contributed by atoms with E-state index < -0.39 is 0 Å². The Balaban J connectivity index is 1.54. The molecular weight excluding hydrogens is 320 g/mol. The van der Waals surface area contributed by atoms with Gasteiger partial charge in [-0.1, -0.05) is 11.6 Å². The number of ether oxygens (including phenoxy) is 1. The molecule has 0 spiro atoms. The highest BCUT2D eigenvalue weighted by Crippen LogP contribution is 2.15. The molecule has 0 unspecified atom stereocenters. The second-order valence-electron chi connectivity index (χ2n) is 4.68. The molecule has 1 aromatic carbocycles. The van der Waals surface area contributed by atoms with Gasteiger partial charge in [0.25, 0.3) is 11.8 Å². The summed E-state index contributed by atoms with van der Waals surface area (Å²) in [4.78, 5) is 23.2. The molecule has 0 aliphatic heterocycles. The van der Waals surface area contributed by atoms with E-state index in [1.807, 2.05) is 0 Å². The highest BCUT2D eigenvalue weighted by atomic mass is 35.5. The second kappa shape index (κ2) is 8.85. The monoisotopic (exact) mass is 336 g/mol. The number of amides is 2. The van der Waals surface area contributed by atoms with E-state index in [0.717, 1.165) is 0 Å². The van der Waals surface area contributed by atoms with Gasteiger partial charge in [0, 0.05) is 18.1 Å². The molecule has 0 atom stereocenters. The quantitative estimate of drug-likeness (QED) is 0.724. The molecule has 0 saturated heterocycles. The molecule has 0 fully saturated rings. The maximum atomic E-state index is 11.6. The fourth-order valence-electron chi connectivity index (χ4n) is 1.74. The molecule has 2 rings (SSSR count). The van der Waals surface area contributed by atoms with Gasteiger partial charge < -0.3 is 19.8 Å². The van der Waals surface area contributed by atoms with E-state index in [2.05, 4.69) is 10.6 Å². The maximum Gasteiger partial charge on any atom is 0.286 e. The number of nitrogens with one attached hydrogen (secondary N) is 2. The third kappa shape index (κ3) is 6.04. The zero-order valence-corrected chi connectivity index (χ0v) is 13.1. The molecule has 2 amide bonds. The van der Waals surface area contributed by atoms with Gasteiger partial charge in [-0.2, -0.15) is 0 Å². The third-order valence-corrected chi connectivity index (χ3v) is 3.14. The number of hydrogen-bond acceptors (Lipinski definition) is 4. The lowest BCUT2D eigenvalue weighted by atomic mass is 10.3. The highest BCUT2D eigenvalue weighted by Gasteiger charge is 2.07. The highest BCUT2D eigenvalue weighted by molar-refractivity contribution is 6.30. The summed E-state index contributed by atoms with van der Waals surface area (Å²) in [6.45, 7) is 0.819. The van der Waals surface area contributed by atoms with Crippen LogP contribution in [0.3, 0.4) is 0 Å². The first-order valence-corrected chi connectivity index (χ1v) is 7.50. The van der Waals surface area contributed by atoms with Crippen LogP contribution in [0.1, 0.15) is 17.0 Å². The van der Waals surface area contributed by atoms with E-state index in [0.29, 0.717) is 30.3 Å². The van der Waals surface area contributed by atoms with Crippen LogP contribution in [0.2, 0.25) is 5.02 Å². The Hall–Kier alpha value is -2.47. The van der Waals surface area contributed by atoms with Crippen molar-refractivity contribution in [1.29, 1.82) is 0 Å². The SMILES string of the molecule is O=C(COc1ccc(Cl)cc1)NCCCNC(=O)c1ccco1. The first-order chi connectivity index (χ1) is 11.1. The normalized spacial score (nSPS) is 10.1. The third-order valence-electron chi connectivity index (χ3n) is 2.89. The molecule has 1 aromatic heterocycles. The van der Waals surface area contributed by atoms with Crippen LogP contribution < -0.4 is 15.4 Å². The van der Waals surface area contributed by atoms with Gasteiger partial charge in [0.15, 0.2) is 12.4 Å². The summed E-state index contributed by atoms with van der Waals surface area (Å²) >= 11 is 5.76. The predicted molar refractivity (Wildman–Crippen MR) is 85.6 cm³/mol. The van der Waals surface area contributed by atoms with E-state index in [9.17, 15) is 9.59 Å². The molecular formula is C16H17ClN2O4. The van der Waals surface area contributed by atoms with Crippen LogP contribution in [-0.4, -0.2) is 31.5 Å². The molecule has 0 saturated carbocycles. The molecule has 122 valence electrons. The summed E-state index contributed by atoms with van der Waals surface area (Å²) in [5.74, 6) is 0.352. The number of halogens is 1. The molecule has 7 heteroatoms. The molecule has 23 heavy (non-hydrogen) atoms. The van der Waals surface area contributed by atoms with Crippen molar-refractivity contribution in [3.8, 4) is 5.75 Å². The Morgan fingerprint density at radius 1 is 1.09 bits per heavy atom. The van der Waals surface area contributed by atoms with Crippen LogP contribution in [0.15, 0.2) is 47.1 Å². The molecule has 0 bridgehead atoms. The van der Waals surface area contributed by atoms with E-state index in [4.69, 9.17) is 20.8 Å². The van der Waals surface area contributed by atoms with Crippen molar-refractivity contribution in [2.45, 2.75) is 6.42 Å². The lowest BCUT2D eigenvalue weighted by Gasteiger charge is -2.08. The zero-order chi connectivity index (χ0) is 16.5. The Bertz CT molecular complexity index is 626. The molecule has 0 radical (unpaired) electrons. The molecule has 6 nitrogen and oxygen atoms in total. The van der Waals surface area contributed by atoms with Crippen LogP contribution in [0.25, 0.3) is 0 Å². The zero-order valence-electron chi connectivity index (χ0n) is 12.4. The van der Waals surface area contributed by atoms with Crippen molar-refractivity contribution in [2.24, 2.45) is 0 Å². The lowest BCUT2D eigenvalue weighted by Crippen LogP contribution is -2.32. The minimum absolute atomic E-state index is 0.0691. The van der Waals surface area contributed by atoms with Crippen LogP contribution in [0.4, 0.5) is 0 Å². The number of rotatable bonds is 8. The Morgan fingerprint density at radius 3 is 2.52 bits per heavy atom. The summed E-state index contributed by atoms with van der Waals surface area (Å²) < 4.78 is 10.3. The van der Waals surface area contributed by atoms with Crippen LogP contribution in [0, 0.1) is 0 Å². The largest absolute Gasteiger partial charge is 0.484 e. The second-order valence-corrected chi connectivity index (χ2v) is 5.12. The molecule has 1 heterocycles. The first kappa shape index (κ1) is 16.9. The molecule has 0 aliphatic carbocycles. The van der Waals surface area contributed by atoms with Crippen molar-refractivity contribution in [3.63, 3.8) is 0 Å². The number of hydrogen-bond donors (Lipinski definition) is 2. The van der Waals surface area contributed by atoms with Crippen LogP contribution in [-0.2, 0) is 4.79 Å². The van der Waals surface area contributed by atoms with Gasteiger partial charge >= 0.3 is 0 Å². The number of carbonyl (C=O) groups excluding carboxylic acids is 2. The lowest BCUT2D eigenvalue weighted by molar-refractivity contribution is -0.123.